The van der Waals surface area contributed by atoms with Gasteiger partial charge in [0.05, 0.1) is 6.04 Å². The SMILES string of the molecule is C[C@@H](NC(=O)COC(=O)[C@@H]1CCCO1)c1ccc(Cl)cc1Cl. The lowest BCUT2D eigenvalue weighted by Crippen LogP contribution is -2.33. The zero-order chi connectivity index (χ0) is 16.1. The predicted octanol–water partition coefficient (Wildman–Crippen LogP) is 2.89. The van der Waals surface area contributed by atoms with Gasteiger partial charge in [-0.2, -0.15) is 0 Å². The molecule has 1 N–H and O–H groups in total. The number of esters is 1. The lowest BCUT2D eigenvalue weighted by atomic mass is 10.1. The Hall–Kier alpha value is -1.30. The number of carbonyl (C=O) groups excluding carboxylic acids is 2. The Morgan fingerprint density at radius 2 is 2.23 bits per heavy atom. The minimum Gasteiger partial charge on any atom is -0.454 e. The van der Waals surface area contributed by atoms with Gasteiger partial charge >= 0.3 is 5.97 Å². The van der Waals surface area contributed by atoms with Crippen molar-refractivity contribution in [1.29, 1.82) is 0 Å². The molecule has 2 rings (SSSR count). The predicted molar refractivity (Wildman–Crippen MR) is 83.0 cm³/mol. The Morgan fingerprint density at radius 3 is 2.86 bits per heavy atom. The van der Waals surface area contributed by atoms with Gasteiger partial charge in [0.25, 0.3) is 5.91 Å². The lowest BCUT2D eigenvalue weighted by molar-refractivity contribution is -0.157. The number of benzene rings is 1. The topological polar surface area (TPSA) is 64.6 Å². The van der Waals surface area contributed by atoms with E-state index in [9.17, 15) is 9.59 Å². The molecule has 0 saturated carbocycles. The standard InChI is InChI=1S/C15H17Cl2NO4/c1-9(11-5-4-10(16)7-12(11)17)18-14(19)8-22-15(20)13-3-2-6-21-13/h4-5,7,9,13H,2-3,6,8H2,1H3,(H,18,19)/t9-,13+/m1/s1. The van der Waals surface area contributed by atoms with Gasteiger partial charge in [-0.25, -0.2) is 4.79 Å². The third kappa shape index (κ3) is 4.60. The molecule has 1 saturated heterocycles. The zero-order valence-electron chi connectivity index (χ0n) is 12.1. The molecular formula is C15H17Cl2NO4. The van der Waals surface area contributed by atoms with E-state index < -0.39 is 18.0 Å². The zero-order valence-corrected chi connectivity index (χ0v) is 13.6. The van der Waals surface area contributed by atoms with Crippen molar-refractivity contribution in [2.24, 2.45) is 0 Å². The van der Waals surface area contributed by atoms with Gasteiger partial charge in [0.15, 0.2) is 12.7 Å². The van der Waals surface area contributed by atoms with Gasteiger partial charge in [0.1, 0.15) is 0 Å². The fourth-order valence-electron chi connectivity index (χ4n) is 2.21. The van der Waals surface area contributed by atoms with Gasteiger partial charge in [-0.05, 0) is 37.5 Å². The summed E-state index contributed by atoms with van der Waals surface area (Å²) in [5, 5.41) is 3.71. The normalized spacial score (nSPS) is 18.8. The summed E-state index contributed by atoms with van der Waals surface area (Å²) >= 11 is 11.9. The quantitative estimate of drug-likeness (QED) is 0.833. The van der Waals surface area contributed by atoms with Crippen LogP contribution in [0, 0.1) is 0 Å². The van der Waals surface area contributed by atoms with Crippen LogP contribution in [0.25, 0.3) is 0 Å². The van der Waals surface area contributed by atoms with E-state index in [2.05, 4.69) is 5.32 Å². The fraction of sp³-hybridized carbons (Fsp3) is 0.467. The van der Waals surface area contributed by atoms with Gasteiger partial charge in [-0.15, -0.1) is 0 Å². The maximum absolute atomic E-state index is 11.8. The van der Waals surface area contributed by atoms with Crippen LogP contribution >= 0.6 is 23.2 Å². The van der Waals surface area contributed by atoms with Crippen molar-refractivity contribution in [2.75, 3.05) is 13.2 Å². The number of rotatable bonds is 5. The first-order chi connectivity index (χ1) is 10.5. The molecule has 0 aromatic heterocycles. The van der Waals surface area contributed by atoms with Gasteiger partial charge < -0.3 is 14.8 Å². The number of carbonyl (C=O) groups is 2. The molecule has 0 aliphatic carbocycles. The second-order valence-electron chi connectivity index (χ2n) is 5.06. The lowest BCUT2D eigenvalue weighted by Gasteiger charge is -2.16. The summed E-state index contributed by atoms with van der Waals surface area (Å²) in [5.74, 6) is -0.894. The monoisotopic (exact) mass is 345 g/mol. The number of halogens is 2. The summed E-state index contributed by atoms with van der Waals surface area (Å²) in [6.45, 7) is 2.00. The molecule has 0 radical (unpaired) electrons. The number of hydrogen-bond acceptors (Lipinski definition) is 4. The number of hydrogen-bond donors (Lipinski definition) is 1. The minimum absolute atomic E-state index is 0.321. The van der Waals surface area contributed by atoms with Crippen molar-refractivity contribution >= 4 is 35.1 Å². The molecule has 7 heteroatoms. The minimum atomic E-state index is -0.545. The van der Waals surface area contributed by atoms with Crippen LogP contribution in [-0.2, 0) is 19.1 Å². The fourth-order valence-corrected chi connectivity index (χ4v) is 2.78. The number of amides is 1. The molecule has 1 aliphatic rings. The molecule has 22 heavy (non-hydrogen) atoms. The maximum atomic E-state index is 11.8. The molecule has 120 valence electrons. The van der Waals surface area contributed by atoms with E-state index in [1.807, 2.05) is 0 Å². The molecule has 1 aromatic rings. The number of nitrogens with one attached hydrogen (secondary N) is 1. The molecule has 0 unspecified atom stereocenters. The summed E-state index contributed by atoms with van der Waals surface area (Å²) in [6, 6.07) is 4.73. The molecule has 1 amide bonds. The van der Waals surface area contributed by atoms with Crippen LogP contribution in [0.2, 0.25) is 10.0 Å². The van der Waals surface area contributed by atoms with Gasteiger partial charge in [-0.1, -0.05) is 29.3 Å². The smallest absolute Gasteiger partial charge is 0.335 e. The van der Waals surface area contributed by atoms with Crippen LogP contribution in [0.4, 0.5) is 0 Å². The Labute approximate surface area is 138 Å². The summed E-state index contributed by atoms with van der Waals surface area (Å²) < 4.78 is 10.1. The Kier molecular flexibility index (Phi) is 6.06. The van der Waals surface area contributed by atoms with E-state index in [4.69, 9.17) is 32.7 Å². The van der Waals surface area contributed by atoms with Crippen LogP contribution in [0.15, 0.2) is 18.2 Å². The van der Waals surface area contributed by atoms with Crippen LogP contribution in [0.3, 0.4) is 0 Å². The summed E-state index contributed by atoms with van der Waals surface area (Å²) in [6.07, 6.45) is 0.922. The van der Waals surface area contributed by atoms with Crippen molar-refractivity contribution in [1.82, 2.24) is 5.32 Å². The van der Waals surface area contributed by atoms with Gasteiger partial charge in [0.2, 0.25) is 0 Å². The van der Waals surface area contributed by atoms with Crippen molar-refractivity contribution in [3.05, 3.63) is 33.8 Å². The van der Waals surface area contributed by atoms with Crippen molar-refractivity contribution in [3.63, 3.8) is 0 Å². The largest absolute Gasteiger partial charge is 0.454 e. The first-order valence-electron chi connectivity index (χ1n) is 7.00. The molecule has 1 aromatic carbocycles. The van der Waals surface area contributed by atoms with Crippen LogP contribution in [-0.4, -0.2) is 31.2 Å². The van der Waals surface area contributed by atoms with E-state index >= 15 is 0 Å². The molecule has 1 aliphatic heterocycles. The highest BCUT2D eigenvalue weighted by Gasteiger charge is 2.25. The first kappa shape index (κ1) is 17.1. The Morgan fingerprint density at radius 1 is 1.45 bits per heavy atom. The molecule has 0 bridgehead atoms. The molecule has 1 fully saturated rings. The van der Waals surface area contributed by atoms with Crippen molar-refractivity contribution < 1.29 is 19.1 Å². The van der Waals surface area contributed by atoms with E-state index in [1.165, 1.54) is 0 Å². The van der Waals surface area contributed by atoms with Crippen LogP contribution in [0.1, 0.15) is 31.4 Å². The number of ether oxygens (including phenoxy) is 2. The van der Waals surface area contributed by atoms with Crippen molar-refractivity contribution in [2.45, 2.75) is 31.9 Å². The second kappa shape index (κ2) is 7.81. The van der Waals surface area contributed by atoms with E-state index in [0.717, 1.165) is 12.0 Å². The summed E-state index contributed by atoms with van der Waals surface area (Å²) in [7, 11) is 0. The van der Waals surface area contributed by atoms with Crippen LogP contribution < -0.4 is 5.32 Å². The third-order valence-corrected chi connectivity index (χ3v) is 3.91. The highest BCUT2D eigenvalue weighted by Crippen LogP contribution is 2.26. The highest BCUT2D eigenvalue weighted by molar-refractivity contribution is 6.35. The molecule has 2 atom stereocenters. The average Bonchev–Trinajstić information content (AvgIpc) is 2.98. The average molecular weight is 346 g/mol. The summed E-state index contributed by atoms with van der Waals surface area (Å²) in [4.78, 5) is 23.5. The summed E-state index contributed by atoms with van der Waals surface area (Å²) in [5.41, 5.74) is 0.741. The molecule has 0 spiro atoms. The second-order valence-corrected chi connectivity index (χ2v) is 5.91. The Bertz CT molecular complexity index is 558. The molecule has 1 heterocycles. The molecule has 5 nitrogen and oxygen atoms in total. The van der Waals surface area contributed by atoms with Crippen LogP contribution in [0.5, 0.6) is 0 Å². The van der Waals surface area contributed by atoms with Crippen molar-refractivity contribution in [3.8, 4) is 0 Å². The third-order valence-electron chi connectivity index (χ3n) is 3.34. The van der Waals surface area contributed by atoms with Gasteiger partial charge in [-0.3, -0.25) is 4.79 Å². The van der Waals surface area contributed by atoms with E-state index in [0.29, 0.717) is 23.1 Å². The highest BCUT2D eigenvalue weighted by atomic mass is 35.5. The Balaban J connectivity index is 1.82. The van der Waals surface area contributed by atoms with E-state index in [-0.39, 0.29) is 12.6 Å². The molecular weight excluding hydrogens is 329 g/mol. The first-order valence-corrected chi connectivity index (χ1v) is 7.75. The van der Waals surface area contributed by atoms with E-state index in [1.54, 1.807) is 25.1 Å². The van der Waals surface area contributed by atoms with Gasteiger partial charge in [0, 0.05) is 16.7 Å². The maximum Gasteiger partial charge on any atom is 0.335 e.